The number of carbonyl (C=O) groups is 1. The van der Waals surface area contributed by atoms with Crippen LogP contribution in [0.25, 0.3) is 21.5 Å². The number of furan rings is 1. The van der Waals surface area contributed by atoms with E-state index in [1.807, 2.05) is 0 Å². The fraction of sp³-hybridized carbons (Fsp3) is 0.227. The summed E-state index contributed by atoms with van der Waals surface area (Å²) in [7, 11) is 0. The zero-order valence-corrected chi connectivity index (χ0v) is 18.6. The van der Waals surface area contributed by atoms with Crippen LogP contribution in [0.5, 0.6) is 0 Å². The number of fused-ring (bicyclic) bond motifs is 3. The summed E-state index contributed by atoms with van der Waals surface area (Å²) in [5, 5.41) is 11.8. The molecule has 1 aliphatic rings. The van der Waals surface area contributed by atoms with Gasteiger partial charge in [-0.3, -0.25) is 19.7 Å². The zero-order valence-electron chi connectivity index (χ0n) is 17.0. The van der Waals surface area contributed by atoms with E-state index >= 15 is 0 Å². The average Bonchev–Trinajstić information content (AvgIpc) is 3.38. The van der Waals surface area contributed by atoms with Crippen LogP contribution in [-0.2, 0) is 12.8 Å². The average molecular weight is 468 g/mol. The molecule has 0 atom stereocenters. The predicted molar refractivity (Wildman–Crippen MR) is 123 cm³/mol. The maximum absolute atomic E-state index is 13.3. The van der Waals surface area contributed by atoms with Crippen molar-refractivity contribution in [3.8, 4) is 11.3 Å². The summed E-state index contributed by atoms with van der Waals surface area (Å²) in [5.74, 6) is -0.469. The number of nitro benzene ring substituents is 1. The predicted octanol–water partition coefficient (Wildman–Crippen LogP) is 5.16. The Balaban J connectivity index is 1.58. The lowest BCUT2D eigenvalue weighted by molar-refractivity contribution is -0.385. The maximum atomic E-state index is 13.3. The lowest BCUT2D eigenvalue weighted by Crippen LogP contribution is -2.29. The monoisotopic (exact) mass is 467 g/mol. The molecule has 0 amide bonds. The van der Waals surface area contributed by atoms with E-state index in [9.17, 15) is 19.7 Å². The number of nitro groups is 1. The number of aromatic nitrogens is 2. The molecule has 162 valence electrons. The van der Waals surface area contributed by atoms with Crippen molar-refractivity contribution in [3.05, 3.63) is 77.3 Å². The Kier molecular flexibility index (Phi) is 4.90. The van der Waals surface area contributed by atoms with Gasteiger partial charge in [0.15, 0.2) is 10.5 Å². The van der Waals surface area contributed by atoms with Crippen molar-refractivity contribution in [1.82, 2.24) is 9.55 Å². The van der Waals surface area contributed by atoms with Crippen LogP contribution in [0.4, 0.5) is 5.69 Å². The van der Waals surface area contributed by atoms with Gasteiger partial charge in [-0.25, -0.2) is 4.57 Å². The van der Waals surface area contributed by atoms with Crippen LogP contribution < -0.4 is 5.56 Å². The highest BCUT2D eigenvalue weighted by atomic mass is 32.1. The van der Waals surface area contributed by atoms with Crippen molar-refractivity contribution in [2.24, 2.45) is 0 Å². The molecule has 0 bridgehead atoms. The fourth-order valence-electron chi connectivity index (χ4n) is 4.10. The van der Waals surface area contributed by atoms with Gasteiger partial charge in [0.05, 0.1) is 10.3 Å². The third-order valence-corrected chi connectivity index (χ3v) is 7.21. The summed E-state index contributed by atoms with van der Waals surface area (Å²) in [6.45, 7) is 1.65. The molecular weight excluding hydrogens is 450 g/mol. The summed E-state index contributed by atoms with van der Waals surface area (Å²) >= 11 is 6.85. The molecule has 5 rings (SSSR count). The van der Waals surface area contributed by atoms with Gasteiger partial charge in [0.2, 0.25) is 0 Å². The lowest BCUT2D eigenvalue weighted by atomic mass is 9.97. The van der Waals surface area contributed by atoms with E-state index in [-0.39, 0.29) is 22.0 Å². The number of benzene rings is 1. The quantitative estimate of drug-likeness (QED) is 0.253. The van der Waals surface area contributed by atoms with Gasteiger partial charge in [-0.2, -0.15) is 0 Å². The van der Waals surface area contributed by atoms with Gasteiger partial charge < -0.3 is 9.40 Å². The molecule has 3 aromatic heterocycles. The first-order valence-corrected chi connectivity index (χ1v) is 11.3. The summed E-state index contributed by atoms with van der Waals surface area (Å²) < 4.78 is 6.63. The van der Waals surface area contributed by atoms with Crippen LogP contribution in [0.3, 0.4) is 0 Å². The van der Waals surface area contributed by atoms with E-state index in [0.29, 0.717) is 21.3 Å². The van der Waals surface area contributed by atoms with Crippen LogP contribution in [0.15, 0.2) is 39.5 Å². The minimum Gasteiger partial charge on any atom is -0.451 e. The fourth-order valence-corrected chi connectivity index (χ4v) is 5.71. The summed E-state index contributed by atoms with van der Waals surface area (Å²) in [5.41, 5.74) is 1.49. The molecule has 1 N–H and O–H groups in total. The molecule has 0 saturated carbocycles. The Hall–Kier alpha value is -3.37. The number of hydrogen-bond acceptors (Lipinski definition) is 7. The van der Waals surface area contributed by atoms with Crippen LogP contribution in [-0.4, -0.2) is 20.4 Å². The number of nitrogens with one attached hydrogen (secondary N) is 1. The van der Waals surface area contributed by atoms with Gasteiger partial charge in [0.1, 0.15) is 10.6 Å². The molecule has 0 spiro atoms. The van der Waals surface area contributed by atoms with Crippen LogP contribution in [0.2, 0.25) is 0 Å². The van der Waals surface area contributed by atoms with Crippen molar-refractivity contribution >= 4 is 45.4 Å². The van der Waals surface area contributed by atoms with Crippen LogP contribution in [0, 0.1) is 21.8 Å². The Bertz CT molecular complexity index is 1540. The molecular formula is C22H17N3O5S2. The molecule has 1 aromatic carbocycles. The second kappa shape index (κ2) is 7.64. The van der Waals surface area contributed by atoms with Gasteiger partial charge in [-0.1, -0.05) is 12.1 Å². The molecule has 10 heteroatoms. The maximum Gasteiger partial charge on any atom is 0.302 e. The van der Waals surface area contributed by atoms with Crippen molar-refractivity contribution in [1.29, 1.82) is 0 Å². The van der Waals surface area contributed by atoms with E-state index in [2.05, 4.69) is 4.98 Å². The lowest BCUT2D eigenvalue weighted by Gasteiger charge is -2.10. The van der Waals surface area contributed by atoms with Gasteiger partial charge in [-0.15, -0.1) is 11.3 Å². The van der Waals surface area contributed by atoms with E-state index in [4.69, 9.17) is 16.6 Å². The zero-order chi connectivity index (χ0) is 22.6. The van der Waals surface area contributed by atoms with Gasteiger partial charge in [0, 0.05) is 22.1 Å². The number of rotatable bonds is 3. The molecule has 0 unspecified atom stereocenters. The van der Waals surface area contributed by atoms with E-state index in [1.165, 1.54) is 28.3 Å². The number of aryl methyl sites for hydroxylation is 3. The summed E-state index contributed by atoms with van der Waals surface area (Å²) in [6, 6.07) is 7.68. The summed E-state index contributed by atoms with van der Waals surface area (Å²) in [6.07, 6.45) is 3.82. The van der Waals surface area contributed by atoms with Crippen molar-refractivity contribution in [3.63, 3.8) is 0 Å². The first kappa shape index (κ1) is 20.5. The van der Waals surface area contributed by atoms with Crippen LogP contribution >= 0.6 is 23.6 Å². The highest BCUT2D eigenvalue weighted by molar-refractivity contribution is 7.71. The number of hydrogen-bond donors (Lipinski definition) is 1. The smallest absolute Gasteiger partial charge is 0.302 e. The second-order valence-electron chi connectivity index (χ2n) is 7.71. The number of thiophene rings is 1. The molecule has 0 fully saturated rings. The molecule has 0 saturated heterocycles. The third-order valence-electron chi connectivity index (χ3n) is 5.72. The minimum absolute atomic E-state index is 0.00928. The van der Waals surface area contributed by atoms with Gasteiger partial charge in [-0.05, 0) is 62.5 Å². The number of carbonyl (C=O) groups excluding carboxylic acids is 1. The highest BCUT2D eigenvalue weighted by Gasteiger charge is 2.24. The summed E-state index contributed by atoms with van der Waals surface area (Å²) in [4.78, 5) is 42.1. The van der Waals surface area contributed by atoms with E-state index in [0.717, 1.165) is 35.8 Å². The Morgan fingerprint density at radius 3 is 2.81 bits per heavy atom. The standard InChI is InChI=1S/C22H17N3O5S2/c1-11-6-7-12(10-14(11)25(28)29)15-8-9-16(30-15)20(26)24-21(27)18-13-4-2-3-5-17(13)32-19(18)23-22(24)31/h6-10H,2-5H2,1H3,(H,23,31). The Morgan fingerprint density at radius 1 is 1.25 bits per heavy atom. The van der Waals surface area contributed by atoms with Crippen molar-refractivity contribution < 1.29 is 14.1 Å². The Morgan fingerprint density at radius 2 is 2.03 bits per heavy atom. The largest absolute Gasteiger partial charge is 0.451 e. The minimum atomic E-state index is -0.679. The third kappa shape index (κ3) is 3.23. The molecule has 8 nitrogen and oxygen atoms in total. The van der Waals surface area contributed by atoms with Crippen LogP contribution in [0.1, 0.15) is 39.4 Å². The number of aromatic amines is 1. The molecule has 4 aromatic rings. The van der Waals surface area contributed by atoms with Gasteiger partial charge in [0.25, 0.3) is 11.2 Å². The number of H-pyrrole nitrogens is 1. The van der Waals surface area contributed by atoms with Crippen molar-refractivity contribution in [2.45, 2.75) is 32.6 Å². The van der Waals surface area contributed by atoms with E-state index < -0.39 is 16.4 Å². The number of nitrogens with zero attached hydrogens (tertiary/aromatic N) is 2. The molecule has 0 aliphatic heterocycles. The molecule has 1 aliphatic carbocycles. The normalized spacial score (nSPS) is 13.3. The van der Waals surface area contributed by atoms with E-state index in [1.54, 1.807) is 25.1 Å². The second-order valence-corrected chi connectivity index (χ2v) is 9.21. The molecule has 32 heavy (non-hydrogen) atoms. The van der Waals surface area contributed by atoms with Gasteiger partial charge >= 0.3 is 5.91 Å². The molecule has 3 heterocycles. The highest BCUT2D eigenvalue weighted by Crippen LogP contribution is 2.34. The first-order valence-electron chi connectivity index (χ1n) is 10.0. The SMILES string of the molecule is Cc1ccc(-c2ccc(C(=O)n3c(=S)[nH]c4sc5c(c4c3=O)CCCC5)o2)cc1[N+](=O)[O-]. The topological polar surface area (TPSA) is 111 Å². The Labute approximate surface area is 190 Å². The van der Waals surface area contributed by atoms with Crippen molar-refractivity contribution in [2.75, 3.05) is 0 Å². The molecule has 0 radical (unpaired) electrons. The first-order chi connectivity index (χ1) is 15.3.